The topological polar surface area (TPSA) is 41.6 Å². The molecule has 0 spiro atoms. The van der Waals surface area contributed by atoms with Gasteiger partial charge >= 0.3 is 6.09 Å². The largest absolute Gasteiger partial charge is 0.446 e. The van der Waals surface area contributed by atoms with Gasteiger partial charge < -0.3 is 15.0 Å². The molecule has 1 heterocycles. The number of nitrogens with one attached hydrogen (secondary N) is 1. The minimum absolute atomic E-state index is 0.126. The van der Waals surface area contributed by atoms with Crippen molar-refractivity contribution in [3.05, 3.63) is 0 Å². The SMILES string of the molecule is O=C(OC1CC1)N1CCNCC1. The molecule has 1 amide bonds. The molecule has 4 heteroatoms. The molecular formula is C8H14N2O2. The third-order valence-corrected chi connectivity index (χ3v) is 2.17. The van der Waals surface area contributed by atoms with E-state index in [0.717, 1.165) is 39.0 Å². The lowest BCUT2D eigenvalue weighted by Crippen LogP contribution is -2.46. The van der Waals surface area contributed by atoms with Gasteiger partial charge in [0.05, 0.1) is 0 Å². The number of piperazine rings is 1. The zero-order valence-electron chi connectivity index (χ0n) is 7.08. The highest BCUT2D eigenvalue weighted by molar-refractivity contribution is 5.68. The number of nitrogens with zero attached hydrogens (tertiary/aromatic N) is 1. The average molecular weight is 170 g/mol. The first-order chi connectivity index (χ1) is 5.86. The number of carbonyl (C=O) groups is 1. The van der Waals surface area contributed by atoms with E-state index in [-0.39, 0.29) is 12.2 Å². The summed E-state index contributed by atoms with van der Waals surface area (Å²) in [6, 6.07) is 0. The van der Waals surface area contributed by atoms with E-state index in [4.69, 9.17) is 4.74 Å². The van der Waals surface area contributed by atoms with Crippen LogP contribution >= 0.6 is 0 Å². The molecule has 68 valence electrons. The van der Waals surface area contributed by atoms with E-state index in [1.54, 1.807) is 4.90 Å². The molecule has 0 bridgehead atoms. The highest BCUT2D eigenvalue weighted by atomic mass is 16.6. The van der Waals surface area contributed by atoms with E-state index in [9.17, 15) is 4.79 Å². The number of hydrogen-bond acceptors (Lipinski definition) is 3. The first kappa shape index (κ1) is 7.86. The van der Waals surface area contributed by atoms with Crippen molar-refractivity contribution in [2.75, 3.05) is 26.2 Å². The molecule has 12 heavy (non-hydrogen) atoms. The fraction of sp³-hybridized carbons (Fsp3) is 0.875. The van der Waals surface area contributed by atoms with Crippen LogP contribution < -0.4 is 5.32 Å². The van der Waals surface area contributed by atoms with Crippen molar-refractivity contribution in [3.63, 3.8) is 0 Å². The third kappa shape index (κ3) is 1.88. The van der Waals surface area contributed by atoms with Crippen molar-refractivity contribution in [1.29, 1.82) is 0 Å². The highest BCUT2D eigenvalue weighted by Gasteiger charge is 2.28. The molecule has 2 rings (SSSR count). The standard InChI is InChI=1S/C8H14N2O2/c11-8(12-7-1-2-7)10-5-3-9-4-6-10/h7,9H,1-6H2. The highest BCUT2D eigenvalue weighted by Crippen LogP contribution is 2.24. The average Bonchev–Trinajstić information content (AvgIpc) is 2.90. The van der Waals surface area contributed by atoms with Gasteiger partial charge in [0.2, 0.25) is 0 Å². The van der Waals surface area contributed by atoms with Gasteiger partial charge in [0.1, 0.15) is 6.10 Å². The molecule has 0 radical (unpaired) electrons. The minimum Gasteiger partial charge on any atom is -0.446 e. The van der Waals surface area contributed by atoms with Crippen molar-refractivity contribution in [1.82, 2.24) is 10.2 Å². The summed E-state index contributed by atoms with van der Waals surface area (Å²) in [5.41, 5.74) is 0. The normalized spacial score (nSPS) is 23.8. The summed E-state index contributed by atoms with van der Waals surface area (Å²) in [5, 5.41) is 3.19. The maximum atomic E-state index is 11.3. The Morgan fingerprint density at radius 3 is 2.58 bits per heavy atom. The minimum atomic E-state index is -0.126. The Morgan fingerprint density at radius 2 is 2.00 bits per heavy atom. The first-order valence-electron chi connectivity index (χ1n) is 4.52. The van der Waals surface area contributed by atoms with Gasteiger partial charge in [-0.3, -0.25) is 0 Å². The molecule has 0 unspecified atom stereocenters. The molecule has 1 aliphatic heterocycles. The van der Waals surface area contributed by atoms with Crippen molar-refractivity contribution in [2.45, 2.75) is 18.9 Å². The van der Waals surface area contributed by atoms with Crippen LogP contribution in [0.4, 0.5) is 4.79 Å². The maximum Gasteiger partial charge on any atom is 0.410 e. The third-order valence-electron chi connectivity index (χ3n) is 2.17. The second kappa shape index (κ2) is 3.31. The summed E-state index contributed by atoms with van der Waals surface area (Å²) < 4.78 is 5.16. The van der Waals surface area contributed by atoms with Crippen molar-refractivity contribution in [2.24, 2.45) is 0 Å². The van der Waals surface area contributed by atoms with Crippen LogP contribution in [0.25, 0.3) is 0 Å². The van der Waals surface area contributed by atoms with Crippen LogP contribution in [0.15, 0.2) is 0 Å². The lowest BCUT2D eigenvalue weighted by molar-refractivity contribution is 0.0915. The van der Waals surface area contributed by atoms with Gasteiger partial charge in [0.25, 0.3) is 0 Å². The Kier molecular flexibility index (Phi) is 2.17. The summed E-state index contributed by atoms with van der Waals surface area (Å²) in [6.07, 6.45) is 2.21. The number of amides is 1. The van der Waals surface area contributed by atoms with E-state index >= 15 is 0 Å². The van der Waals surface area contributed by atoms with Crippen LogP contribution in [0.1, 0.15) is 12.8 Å². The molecule has 0 aromatic rings. The van der Waals surface area contributed by atoms with Crippen LogP contribution in [0.2, 0.25) is 0 Å². The zero-order valence-corrected chi connectivity index (χ0v) is 7.08. The van der Waals surface area contributed by atoms with Gasteiger partial charge in [-0.2, -0.15) is 0 Å². The Morgan fingerprint density at radius 1 is 1.33 bits per heavy atom. The molecule has 1 N–H and O–H groups in total. The smallest absolute Gasteiger partial charge is 0.410 e. The fourth-order valence-corrected chi connectivity index (χ4v) is 1.25. The Hall–Kier alpha value is -0.770. The Labute approximate surface area is 71.9 Å². The van der Waals surface area contributed by atoms with Crippen LogP contribution in [0.3, 0.4) is 0 Å². The first-order valence-corrected chi connectivity index (χ1v) is 4.52. The van der Waals surface area contributed by atoms with E-state index < -0.39 is 0 Å². The summed E-state index contributed by atoms with van der Waals surface area (Å²) in [5.74, 6) is 0. The maximum absolute atomic E-state index is 11.3. The molecule has 1 saturated heterocycles. The summed E-state index contributed by atoms with van der Waals surface area (Å²) in [4.78, 5) is 13.1. The predicted molar refractivity (Wildman–Crippen MR) is 43.9 cm³/mol. The van der Waals surface area contributed by atoms with Crippen LogP contribution in [-0.2, 0) is 4.74 Å². The van der Waals surface area contributed by atoms with E-state index in [0.29, 0.717) is 0 Å². The van der Waals surface area contributed by atoms with Gasteiger partial charge in [-0.05, 0) is 12.8 Å². The molecule has 2 aliphatic rings. The molecule has 1 aliphatic carbocycles. The molecule has 0 atom stereocenters. The second-order valence-corrected chi connectivity index (χ2v) is 3.32. The van der Waals surface area contributed by atoms with Gasteiger partial charge in [-0.15, -0.1) is 0 Å². The number of rotatable bonds is 1. The Bertz CT molecular complexity index is 174. The predicted octanol–water partition coefficient (Wildman–Crippen LogP) is 0.191. The van der Waals surface area contributed by atoms with Crippen LogP contribution in [0, 0.1) is 0 Å². The number of hydrogen-bond donors (Lipinski definition) is 1. The van der Waals surface area contributed by atoms with Crippen molar-refractivity contribution in [3.8, 4) is 0 Å². The fourth-order valence-electron chi connectivity index (χ4n) is 1.25. The summed E-state index contributed by atoms with van der Waals surface area (Å²) >= 11 is 0. The number of ether oxygens (including phenoxy) is 1. The monoisotopic (exact) mass is 170 g/mol. The summed E-state index contributed by atoms with van der Waals surface area (Å²) in [6.45, 7) is 3.34. The lowest BCUT2D eigenvalue weighted by Gasteiger charge is -2.26. The molecule has 1 saturated carbocycles. The van der Waals surface area contributed by atoms with Crippen LogP contribution in [0.5, 0.6) is 0 Å². The van der Waals surface area contributed by atoms with Crippen LogP contribution in [-0.4, -0.2) is 43.3 Å². The zero-order chi connectivity index (χ0) is 8.39. The van der Waals surface area contributed by atoms with Gasteiger partial charge in [-0.25, -0.2) is 4.79 Å². The second-order valence-electron chi connectivity index (χ2n) is 3.32. The van der Waals surface area contributed by atoms with Crippen molar-refractivity contribution < 1.29 is 9.53 Å². The van der Waals surface area contributed by atoms with Crippen molar-refractivity contribution >= 4 is 6.09 Å². The Balaban J connectivity index is 1.76. The summed E-state index contributed by atoms with van der Waals surface area (Å²) in [7, 11) is 0. The quantitative estimate of drug-likeness (QED) is 0.611. The molecule has 0 aromatic heterocycles. The van der Waals surface area contributed by atoms with E-state index in [2.05, 4.69) is 5.32 Å². The molecule has 0 aromatic carbocycles. The number of carbonyl (C=O) groups excluding carboxylic acids is 1. The van der Waals surface area contributed by atoms with Gasteiger partial charge in [-0.1, -0.05) is 0 Å². The lowest BCUT2D eigenvalue weighted by atomic mass is 10.4. The van der Waals surface area contributed by atoms with Gasteiger partial charge in [0.15, 0.2) is 0 Å². The molecule has 4 nitrogen and oxygen atoms in total. The molecule has 2 fully saturated rings. The van der Waals surface area contributed by atoms with Gasteiger partial charge in [0, 0.05) is 26.2 Å². The molecular weight excluding hydrogens is 156 g/mol. The van der Waals surface area contributed by atoms with E-state index in [1.165, 1.54) is 0 Å². The van der Waals surface area contributed by atoms with E-state index in [1.807, 2.05) is 0 Å².